The lowest BCUT2D eigenvalue weighted by molar-refractivity contribution is 0.0507. The second kappa shape index (κ2) is 8.43. The molecule has 1 heterocycles. The molecule has 1 unspecified atom stereocenters. The first-order valence-electron chi connectivity index (χ1n) is 8.47. The first-order valence-corrected chi connectivity index (χ1v) is 8.85. The molecule has 0 saturated carbocycles. The van der Waals surface area contributed by atoms with E-state index in [1.165, 1.54) is 0 Å². The Balaban J connectivity index is 1.85. The van der Waals surface area contributed by atoms with Crippen LogP contribution in [0.25, 0.3) is 0 Å². The number of rotatable bonds is 3. The van der Waals surface area contributed by atoms with Crippen molar-refractivity contribution in [2.45, 2.75) is 45.4 Å². The summed E-state index contributed by atoms with van der Waals surface area (Å²) in [5, 5.41) is 6.98. The number of nitrogens with one attached hydrogen (secondary N) is 2. The Labute approximate surface area is 154 Å². The van der Waals surface area contributed by atoms with Gasteiger partial charge in [-0.25, -0.2) is 4.79 Å². The molecule has 6 nitrogen and oxygen atoms in total. The highest BCUT2D eigenvalue weighted by Crippen LogP contribution is 2.15. The van der Waals surface area contributed by atoms with Crippen LogP contribution in [-0.4, -0.2) is 48.7 Å². The predicted molar refractivity (Wildman–Crippen MR) is 101 cm³/mol. The van der Waals surface area contributed by atoms with Crippen LogP contribution in [0.2, 0.25) is 5.02 Å². The van der Waals surface area contributed by atoms with Crippen molar-refractivity contribution in [1.82, 2.24) is 15.5 Å². The topological polar surface area (TPSA) is 66.0 Å². The Hall–Kier alpha value is -1.95. The summed E-state index contributed by atoms with van der Waals surface area (Å²) in [6.45, 7) is 7.69. The number of carbonyl (C=O) groups excluding carboxylic acids is 1. The maximum atomic E-state index is 11.9. The lowest BCUT2D eigenvalue weighted by Gasteiger charge is -2.23. The first kappa shape index (κ1) is 19.4. The highest BCUT2D eigenvalue weighted by molar-refractivity contribution is 6.31. The average Bonchev–Trinajstić information content (AvgIpc) is 2.96. The van der Waals surface area contributed by atoms with Gasteiger partial charge in [-0.1, -0.05) is 29.8 Å². The van der Waals surface area contributed by atoms with Crippen molar-refractivity contribution in [1.29, 1.82) is 0 Å². The third-order valence-corrected chi connectivity index (χ3v) is 4.18. The number of benzene rings is 1. The number of aliphatic imine (C=N–C) groups is 1. The van der Waals surface area contributed by atoms with Gasteiger partial charge in [0.2, 0.25) is 0 Å². The van der Waals surface area contributed by atoms with Gasteiger partial charge >= 0.3 is 6.09 Å². The van der Waals surface area contributed by atoms with E-state index in [4.69, 9.17) is 16.3 Å². The number of guanidine groups is 1. The van der Waals surface area contributed by atoms with Crippen molar-refractivity contribution < 1.29 is 9.53 Å². The van der Waals surface area contributed by atoms with Crippen LogP contribution >= 0.6 is 11.6 Å². The van der Waals surface area contributed by atoms with E-state index in [0.29, 0.717) is 13.1 Å². The van der Waals surface area contributed by atoms with Crippen LogP contribution in [-0.2, 0) is 11.3 Å². The fraction of sp³-hybridized carbons (Fsp3) is 0.556. The zero-order chi connectivity index (χ0) is 18.4. The van der Waals surface area contributed by atoms with Gasteiger partial charge in [-0.15, -0.1) is 0 Å². The maximum absolute atomic E-state index is 11.9. The molecule has 2 rings (SSSR count). The molecule has 0 bridgehead atoms. The van der Waals surface area contributed by atoms with E-state index >= 15 is 0 Å². The van der Waals surface area contributed by atoms with Crippen LogP contribution in [0.4, 0.5) is 4.79 Å². The molecule has 1 fully saturated rings. The van der Waals surface area contributed by atoms with E-state index in [2.05, 4.69) is 20.5 Å². The molecule has 0 aromatic heterocycles. The molecule has 25 heavy (non-hydrogen) atoms. The van der Waals surface area contributed by atoms with E-state index in [-0.39, 0.29) is 12.1 Å². The van der Waals surface area contributed by atoms with Gasteiger partial charge in [-0.05, 0) is 38.8 Å². The average molecular weight is 367 g/mol. The molecule has 0 spiro atoms. The number of likely N-dealkylation sites (tertiary alicyclic amines) is 1. The number of alkyl carbamates (subject to hydrolysis) is 1. The van der Waals surface area contributed by atoms with Gasteiger partial charge in [0, 0.05) is 31.7 Å². The maximum Gasteiger partial charge on any atom is 0.407 e. The number of hydrogen-bond donors (Lipinski definition) is 2. The summed E-state index contributed by atoms with van der Waals surface area (Å²) in [5.41, 5.74) is 0.530. The normalized spacial score (nSPS) is 18.2. The largest absolute Gasteiger partial charge is 0.444 e. The Morgan fingerprint density at radius 2 is 2.12 bits per heavy atom. The van der Waals surface area contributed by atoms with Gasteiger partial charge in [0.1, 0.15) is 5.60 Å². The van der Waals surface area contributed by atoms with E-state index in [0.717, 1.165) is 29.5 Å². The molecular weight excluding hydrogens is 340 g/mol. The highest BCUT2D eigenvalue weighted by atomic mass is 35.5. The van der Waals surface area contributed by atoms with Crippen molar-refractivity contribution in [3.8, 4) is 0 Å². The molecule has 1 amide bonds. The monoisotopic (exact) mass is 366 g/mol. The molecule has 138 valence electrons. The van der Waals surface area contributed by atoms with Crippen LogP contribution in [0, 0.1) is 0 Å². The minimum absolute atomic E-state index is 0.0497. The second-order valence-electron chi connectivity index (χ2n) is 7.07. The fourth-order valence-corrected chi connectivity index (χ4v) is 2.90. The summed E-state index contributed by atoms with van der Waals surface area (Å²) < 4.78 is 5.31. The number of hydrogen-bond acceptors (Lipinski definition) is 3. The van der Waals surface area contributed by atoms with Gasteiger partial charge < -0.3 is 20.3 Å². The van der Waals surface area contributed by atoms with E-state index in [9.17, 15) is 4.79 Å². The molecule has 2 N–H and O–H groups in total. The summed E-state index contributed by atoms with van der Waals surface area (Å²) in [6.07, 6.45) is 0.477. The predicted octanol–water partition coefficient (Wildman–Crippen LogP) is 3.01. The summed E-state index contributed by atoms with van der Waals surface area (Å²) >= 11 is 6.19. The van der Waals surface area contributed by atoms with E-state index < -0.39 is 5.60 Å². The molecule has 1 aliphatic heterocycles. The van der Waals surface area contributed by atoms with Crippen molar-refractivity contribution in [3.63, 3.8) is 0 Å². The third kappa shape index (κ3) is 6.12. The molecule has 0 radical (unpaired) electrons. The smallest absolute Gasteiger partial charge is 0.407 e. The standard InChI is InChI=1S/C18H27ClN4O2/c1-18(2,3)25-17(24)22-14-9-10-23(12-14)16(20-4)21-11-13-7-5-6-8-15(13)19/h5-8,14H,9-12H2,1-4H3,(H,20,21)(H,22,24). The fourth-order valence-electron chi connectivity index (χ4n) is 2.69. The molecule has 1 aromatic carbocycles. The Morgan fingerprint density at radius 3 is 2.76 bits per heavy atom. The van der Waals surface area contributed by atoms with Crippen molar-refractivity contribution in [2.75, 3.05) is 20.1 Å². The van der Waals surface area contributed by atoms with Gasteiger partial charge in [0.05, 0.1) is 6.04 Å². The number of nitrogens with zero attached hydrogens (tertiary/aromatic N) is 2. The lowest BCUT2D eigenvalue weighted by Crippen LogP contribution is -2.44. The Morgan fingerprint density at radius 1 is 1.40 bits per heavy atom. The molecule has 0 aliphatic carbocycles. The minimum Gasteiger partial charge on any atom is -0.444 e. The summed E-state index contributed by atoms with van der Waals surface area (Å²) in [4.78, 5) is 18.4. The molecule has 7 heteroatoms. The van der Waals surface area contributed by atoms with Crippen LogP contribution < -0.4 is 10.6 Å². The van der Waals surface area contributed by atoms with Gasteiger partial charge in [0.15, 0.2) is 5.96 Å². The third-order valence-electron chi connectivity index (χ3n) is 3.82. The molecule has 1 aliphatic rings. The number of halogens is 1. The van der Waals surface area contributed by atoms with E-state index in [1.54, 1.807) is 7.05 Å². The zero-order valence-electron chi connectivity index (χ0n) is 15.3. The minimum atomic E-state index is -0.491. The number of ether oxygens (including phenoxy) is 1. The van der Waals surface area contributed by atoms with Crippen molar-refractivity contribution >= 4 is 23.7 Å². The SMILES string of the molecule is CN=C(NCc1ccccc1Cl)N1CCC(NC(=O)OC(C)(C)C)C1. The quantitative estimate of drug-likeness (QED) is 0.637. The summed E-state index contributed by atoms with van der Waals surface area (Å²) in [5.74, 6) is 0.799. The van der Waals surface area contributed by atoms with Crippen LogP contribution in [0.5, 0.6) is 0 Å². The number of carbonyl (C=O) groups is 1. The van der Waals surface area contributed by atoms with Crippen molar-refractivity contribution in [3.05, 3.63) is 34.9 Å². The van der Waals surface area contributed by atoms with Gasteiger partial charge in [-0.3, -0.25) is 4.99 Å². The number of amides is 1. The second-order valence-corrected chi connectivity index (χ2v) is 7.48. The van der Waals surface area contributed by atoms with Crippen LogP contribution in [0.3, 0.4) is 0 Å². The lowest BCUT2D eigenvalue weighted by atomic mass is 10.2. The van der Waals surface area contributed by atoms with Crippen LogP contribution in [0.1, 0.15) is 32.8 Å². The molecule has 1 aromatic rings. The Bertz CT molecular complexity index is 628. The summed E-state index contributed by atoms with van der Waals surface area (Å²) in [7, 11) is 1.75. The molecular formula is C18H27ClN4O2. The van der Waals surface area contributed by atoms with Crippen LogP contribution in [0.15, 0.2) is 29.3 Å². The molecule has 1 saturated heterocycles. The van der Waals surface area contributed by atoms with Gasteiger partial charge in [0.25, 0.3) is 0 Å². The van der Waals surface area contributed by atoms with Crippen molar-refractivity contribution in [2.24, 2.45) is 4.99 Å². The zero-order valence-corrected chi connectivity index (χ0v) is 16.1. The first-order chi connectivity index (χ1) is 11.8. The molecule has 1 atom stereocenters. The van der Waals surface area contributed by atoms with Gasteiger partial charge in [-0.2, -0.15) is 0 Å². The highest BCUT2D eigenvalue weighted by Gasteiger charge is 2.27. The Kier molecular flexibility index (Phi) is 6.53. The summed E-state index contributed by atoms with van der Waals surface area (Å²) in [6, 6.07) is 7.78. The van der Waals surface area contributed by atoms with E-state index in [1.807, 2.05) is 45.0 Å².